The Balaban J connectivity index is 1.21. The number of hydrogen-bond acceptors (Lipinski definition) is 5. The summed E-state index contributed by atoms with van der Waals surface area (Å²) in [7, 11) is 0. The number of furan rings is 2. The fraction of sp³-hybridized carbons (Fsp3) is 0.138. The van der Waals surface area contributed by atoms with Crippen LogP contribution in [-0.2, 0) is 12.8 Å². The maximum Gasteiger partial charge on any atom is 0.376 e. The van der Waals surface area contributed by atoms with E-state index in [4.69, 9.17) is 8.83 Å². The van der Waals surface area contributed by atoms with Crippen LogP contribution in [0.4, 0.5) is 28.4 Å². The lowest BCUT2D eigenvalue weighted by atomic mass is 9.45. The minimum atomic E-state index is -0.296. The van der Waals surface area contributed by atoms with Gasteiger partial charge in [-0.2, -0.15) is 0 Å². The number of rotatable bonds is 9. The van der Waals surface area contributed by atoms with Crippen LogP contribution in [0, 0.1) is 0 Å². The van der Waals surface area contributed by atoms with Crippen LogP contribution in [0.1, 0.15) is 50.7 Å². The van der Waals surface area contributed by atoms with Crippen molar-refractivity contribution in [3.63, 3.8) is 0 Å². The van der Waals surface area contributed by atoms with Crippen molar-refractivity contribution in [1.29, 1.82) is 0 Å². The van der Waals surface area contributed by atoms with Gasteiger partial charge in [0, 0.05) is 64.7 Å². The lowest BCUT2D eigenvalue weighted by Crippen LogP contribution is -2.61. The van der Waals surface area contributed by atoms with Crippen LogP contribution in [0.5, 0.6) is 0 Å². The number of fused-ring (bicyclic) bond motifs is 14. The predicted octanol–water partition coefficient (Wildman–Crippen LogP) is 15.8. The highest BCUT2D eigenvalue weighted by atomic mass is 32.1. The largest absolute Gasteiger partial charge is 0.466 e. The molecule has 4 nitrogen and oxygen atoms in total. The first kappa shape index (κ1) is 37.5. The Labute approximate surface area is 377 Å². The summed E-state index contributed by atoms with van der Waals surface area (Å²) in [6, 6.07) is 60.7. The van der Waals surface area contributed by atoms with E-state index in [1.807, 2.05) is 11.3 Å². The zero-order chi connectivity index (χ0) is 42.5. The van der Waals surface area contributed by atoms with E-state index in [0.717, 1.165) is 87.0 Å². The second-order valence-electron chi connectivity index (χ2n) is 17.6. The lowest BCUT2D eigenvalue weighted by Gasteiger charge is -2.44. The van der Waals surface area contributed by atoms with Crippen LogP contribution in [0.25, 0.3) is 75.3 Å². The van der Waals surface area contributed by atoms with E-state index in [1.165, 1.54) is 77.5 Å². The van der Waals surface area contributed by atoms with Crippen LogP contribution in [0.3, 0.4) is 0 Å². The summed E-state index contributed by atoms with van der Waals surface area (Å²) in [6.07, 6.45) is 6.75. The number of para-hydroxylation sites is 2. The number of hydrogen-bond donors (Lipinski definition) is 0. The second-order valence-corrected chi connectivity index (χ2v) is 18.7. The fourth-order valence-electron chi connectivity index (χ4n) is 10.8. The highest BCUT2D eigenvalue weighted by Gasteiger charge is 2.50. The Morgan fingerprint density at radius 1 is 0.531 bits per heavy atom. The molecule has 0 radical (unpaired) electrons. The Morgan fingerprint density at radius 2 is 1.22 bits per heavy atom. The van der Waals surface area contributed by atoms with Crippen molar-refractivity contribution in [3.05, 3.63) is 175 Å². The van der Waals surface area contributed by atoms with Crippen molar-refractivity contribution < 1.29 is 8.83 Å². The first-order valence-corrected chi connectivity index (χ1v) is 23.8. The topological polar surface area (TPSA) is 32.8 Å². The molecule has 8 aromatic carbocycles. The van der Waals surface area contributed by atoms with Crippen molar-refractivity contribution >= 4 is 111 Å². The maximum atomic E-state index is 7.41. The standard InChI is InChI=1S/C58H45BN2O2S/c1-3-5-16-36-26-29-39(30-27-36)61-55-43(31-33-50-52(55)41-21-10-13-23-48(41)62-50)53-54-47(35-45-40-20-12-15-25-51(40)64-57(45)53)60(56-42-22-11-14-24-49(42)63-58(56)59(54)61)46-32-28-37(17-6-4-2)34-44(46)38-18-8-7-9-19-38/h7-15,18-35H,3-6,16-17H2,1-2H3. The molecule has 0 saturated heterocycles. The highest BCUT2D eigenvalue weighted by Crippen LogP contribution is 2.56. The molecule has 2 aliphatic heterocycles. The monoisotopic (exact) mass is 844 g/mol. The van der Waals surface area contributed by atoms with E-state index >= 15 is 0 Å². The van der Waals surface area contributed by atoms with E-state index in [2.05, 4.69) is 187 Å². The summed E-state index contributed by atoms with van der Waals surface area (Å²) in [4.78, 5) is 5.16. The van der Waals surface area contributed by atoms with E-state index in [9.17, 15) is 0 Å². The molecule has 11 aromatic rings. The molecule has 0 bridgehead atoms. The van der Waals surface area contributed by atoms with Crippen molar-refractivity contribution in [1.82, 2.24) is 0 Å². The third kappa shape index (κ3) is 5.55. The molecule has 0 atom stereocenters. The average Bonchev–Trinajstić information content (AvgIpc) is 4.05. The number of aryl methyl sites for hydroxylation is 2. The van der Waals surface area contributed by atoms with Crippen molar-refractivity contribution in [3.8, 4) is 22.3 Å². The summed E-state index contributed by atoms with van der Waals surface area (Å²) >= 11 is 1.90. The van der Waals surface area contributed by atoms with Gasteiger partial charge in [0.15, 0.2) is 0 Å². The van der Waals surface area contributed by atoms with E-state index in [1.54, 1.807) is 0 Å². The molecule has 5 heterocycles. The van der Waals surface area contributed by atoms with Gasteiger partial charge in [0.25, 0.3) is 0 Å². The summed E-state index contributed by atoms with van der Waals surface area (Å²) < 4.78 is 16.7. The van der Waals surface area contributed by atoms with Gasteiger partial charge in [0.2, 0.25) is 0 Å². The summed E-state index contributed by atoms with van der Waals surface area (Å²) in [5.41, 5.74) is 18.2. The lowest BCUT2D eigenvalue weighted by molar-refractivity contribution is 0.650. The van der Waals surface area contributed by atoms with Crippen LogP contribution in [0.2, 0.25) is 0 Å². The van der Waals surface area contributed by atoms with Crippen molar-refractivity contribution in [2.75, 3.05) is 9.71 Å². The fourth-order valence-corrected chi connectivity index (χ4v) is 12.1. The first-order valence-electron chi connectivity index (χ1n) is 23.0. The minimum Gasteiger partial charge on any atom is -0.466 e. The van der Waals surface area contributed by atoms with Crippen LogP contribution in [-0.4, -0.2) is 6.85 Å². The Hall–Kier alpha value is -7.02. The molecule has 0 N–H and O–H groups in total. The van der Waals surface area contributed by atoms with Crippen LogP contribution >= 0.6 is 11.3 Å². The zero-order valence-corrected chi connectivity index (χ0v) is 36.8. The smallest absolute Gasteiger partial charge is 0.376 e. The molecular formula is C58H45BN2O2S. The molecule has 13 rings (SSSR count). The quantitative estimate of drug-likeness (QED) is 0.136. The average molecular weight is 845 g/mol. The molecule has 64 heavy (non-hydrogen) atoms. The normalized spacial score (nSPS) is 13.1. The van der Waals surface area contributed by atoms with Gasteiger partial charge in [-0.1, -0.05) is 124 Å². The number of benzene rings is 8. The third-order valence-corrected chi connectivity index (χ3v) is 15.0. The first-order chi connectivity index (χ1) is 31.7. The zero-order valence-electron chi connectivity index (χ0n) is 36.0. The summed E-state index contributed by atoms with van der Waals surface area (Å²) in [5.74, 6) is 0. The van der Waals surface area contributed by atoms with E-state index in [0.29, 0.717) is 0 Å². The van der Waals surface area contributed by atoms with Gasteiger partial charge >= 0.3 is 6.85 Å². The number of nitrogens with zero attached hydrogens (tertiary/aromatic N) is 2. The molecule has 0 aliphatic carbocycles. The predicted molar refractivity (Wildman–Crippen MR) is 273 cm³/mol. The second kappa shape index (κ2) is 14.8. The molecule has 0 fully saturated rings. The van der Waals surface area contributed by atoms with Gasteiger partial charge < -0.3 is 18.5 Å². The molecule has 0 saturated carbocycles. The maximum absolute atomic E-state index is 7.41. The molecule has 3 aromatic heterocycles. The molecule has 0 spiro atoms. The van der Waals surface area contributed by atoms with Crippen molar-refractivity contribution in [2.45, 2.75) is 52.4 Å². The minimum absolute atomic E-state index is 0.296. The molecule has 308 valence electrons. The SMILES string of the molecule is CCCCc1ccc(N2B3c4oc5ccccc5c4N(c4ccc(CCCC)cc4-c4ccccc4)c4cc5c(sc6ccccc65)c(c43)-c3ccc4oc5ccccc5c4c32)cc1. The van der Waals surface area contributed by atoms with Gasteiger partial charge in [-0.3, -0.25) is 0 Å². The molecule has 0 unspecified atom stereocenters. The van der Waals surface area contributed by atoms with Gasteiger partial charge in [-0.25, -0.2) is 0 Å². The van der Waals surface area contributed by atoms with Crippen molar-refractivity contribution in [2.24, 2.45) is 0 Å². The van der Waals surface area contributed by atoms with Gasteiger partial charge in [-0.05, 0) is 115 Å². The number of thiophene rings is 1. The Bertz CT molecular complexity index is 3620. The molecule has 0 amide bonds. The van der Waals surface area contributed by atoms with Crippen LogP contribution in [0.15, 0.2) is 173 Å². The van der Waals surface area contributed by atoms with E-state index < -0.39 is 0 Å². The van der Waals surface area contributed by atoms with Gasteiger partial charge in [0.1, 0.15) is 22.4 Å². The van der Waals surface area contributed by atoms with E-state index in [-0.39, 0.29) is 6.85 Å². The molecule has 6 heteroatoms. The Kier molecular flexibility index (Phi) is 8.67. The highest BCUT2D eigenvalue weighted by molar-refractivity contribution is 7.26. The van der Waals surface area contributed by atoms with Gasteiger partial charge in [0.05, 0.1) is 16.8 Å². The number of anilines is 5. The summed E-state index contributed by atoms with van der Waals surface area (Å²) in [5, 5.41) is 5.89. The molecule has 2 aliphatic rings. The summed E-state index contributed by atoms with van der Waals surface area (Å²) in [6.45, 7) is 4.25. The van der Waals surface area contributed by atoms with Crippen LogP contribution < -0.4 is 20.8 Å². The Morgan fingerprint density at radius 3 is 2.02 bits per heavy atom. The number of unbranched alkanes of at least 4 members (excludes halogenated alkanes) is 2. The third-order valence-electron chi connectivity index (χ3n) is 13.8. The van der Waals surface area contributed by atoms with Gasteiger partial charge in [-0.15, -0.1) is 11.3 Å². The molecular weight excluding hydrogens is 800 g/mol.